The molecule has 0 bridgehead atoms. The van der Waals surface area contributed by atoms with Crippen molar-refractivity contribution in [1.82, 2.24) is 19.1 Å². The molecule has 24 nitrogen and oxygen atoms in total. The molecule has 45 heavy (non-hydrogen) atoms. The molecular weight excluding hydrogens is 685 g/mol. The Morgan fingerprint density at radius 3 is 1.44 bits per heavy atom. The summed E-state index contributed by atoms with van der Waals surface area (Å²) in [6.45, 7) is -2.29. The molecule has 2 saturated heterocycles. The van der Waals surface area contributed by atoms with Crippen molar-refractivity contribution < 1.29 is 75.9 Å². The van der Waals surface area contributed by atoms with Gasteiger partial charge in [-0.25, -0.2) is 23.3 Å². The van der Waals surface area contributed by atoms with Gasteiger partial charge < -0.3 is 44.6 Å². The summed E-state index contributed by atoms with van der Waals surface area (Å²) in [7, 11) is -17.4. The quantitative estimate of drug-likeness (QED) is 0.0940. The third-order valence-electron chi connectivity index (χ3n) is 6.13. The van der Waals surface area contributed by atoms with E-state index < -0.39 is 108 Å². The van der Waals surface area contributed by atoms with Gasteiger partial charge in [0.15, 0.2) is 12.5 Å². The third-order valence-corrected chi connectivity index (χ3v) is 10.4. The molecule has 5 unspecified atom stereocenters. The van der Waals surface area contributed by atoms with Gasteiger partial charge in [-0.05, 0) is 0 Å². The van der Waals surface area contributed by atoms with Crippen LogP contribution in [-0.4, -0.2) is 104 Å². The Kier molecular flexibility index (Phi) is 10.5. The summed E-state index contributed by atoms with van der Waals surface area (Å²) in [6.07, 6.45) is -12.5. The number of hydrogen-bond donors (Lipinski definition) is 9. The molecule has 2 aromatic rings. The minimum Gasteiger partial charge on any atom is -0.387 e. The lowest BCUT2D eigenvalue weighted by Gasteiger charge is -2.24. The Balaban J connectivity index is 1.52. The summed E-state index contributed by atoms with van der Waals surface area (Å²) in [4.78, 5) is 78.1. The first-order valence-electron chi connectivity index (χ1n) is 12.2. The summed E-state index contributed by atoms with van der Waals surface area (Å²) in [5.74, 6) is 0. The molecular formula is C18H25N4O20P3. The second-order valence-electron chi connectivity index (χ2n) is 9.29. The number of hydrogen-bond acceptors (Lipinski definition) is 17. The average Bonchev–Trinajstić information content (AvgIpc) is 3.34. The van der Waals surface area contributed by atoms with E-state index in [-0.39, 0.29) is 0 Å². The van der Waals surface area contributed by atoms with Crippen molar-refractivity contribution in [3.63, 3.8) is 0 Å². The molecule has 252 valence electrons. The SMILES string of the molecule is O=c1ccn([C@H]2O[C@@H](COP(=O)(OC[C@@H]3O[C@H](n4ccc(=O)[nH]c4=O)C(O)C3O)OP(=O)(O)OP(=O)(O)O)C(O)C2O)c(=O)[nH]1. The van der Waals surface area contributed by atoms with Gasteiger partial charge in [0.05, 0.1) is 13.2 Å². The number of aliphatic hydroxyl groups is 4. The molecule has 0 aromatic carbocycles. The average molecular weight is 710 g/mol. The van der Waals surface area contributed by atoms with E-state index in [9.17, 15) is 58.2 Å². The van der Waals surface area contributed by atoms with Gasteiger partial charge in [-0.2, -0.15) is 8.62 Å². The summed E-state index contributed by atoms with van der Waals surface area (Å²) < 4.78 is 66.3. The smallest absolute Gasteiger partial charge is 0.387 e. The van der Waals surface area contributed by atoms with Crippen molar-refractivity contribution in [2.75, 3.05) is 13.2 Å². The number of ether oxygens (including phenoxy) is 2. The fourth-order valence-electron chi connectivity index (χ4n) is 4.14. The van der Waals surface area contributed by atoms with Gasteiger partial charge in [0.2, 0.25) is 0 Å². The lowest BCUT2D eigenvalue weighted by molar-refractivity contribution is -0.0639. The van der Waals surface area contributed by atoms with E-state index in [0.29, 0.717) is 9.13 Å². The molecule has 9 atom stereocenters. The van der Waals surface area contributed by atoms with Crippen LogP contribution in [0.4, 0.5) is 0 Å². The van der Waals surface area contributed by atoms with Gasteiger partial charge in [0.25, 0.3) is 11.1 Å². The van der Waals surface area contributed by atoms with Crippen molar-refractivity contribution in [3.05, 3.63) is 66.2 Å². The molecule has 2 aromatic heterocycles. The molecule has 0 spiro atoms. The van der Waals surface area contributed by atoms with Gasteiger partial charge >= 0.3 is 34.8 Å². The van der Waals surface area contributed by atoms with Crippen LogP contribution in [0.2, 0.25) is 0 Å². The fraction of sp³-hybridized carbons (Fsp3) is 0.556. The van der Waals surface area contributed by atoms with Crippen LogP contribution in [0, 0.1) is 0 Å². The topological polar surface area (TPSA) is 358 Å². The Bertz CT molecular complexity index is 1660. The van der Waals surface area contributed by atoms with Crippen LogP contribution in [0.1, 0.15) is 12.5 Å². The highest BCUT2D eigenvalue weighted by atomic mass is 31.3. The molecule has 2 aliphatic heterocycles. The van der Waals surface area contributed by atoms with Gasteiger partial charge in [-0.3, -0.25) is 37.7 Å². The molecule has 2 aliphatic rings. The van der Waals surface area contributed by atoms with E-state index in [1.807, 2.05) is 9.97 Å². The van der Waals surface area contributed by atoms with Crippen molar-refractivity contribution in [1.29, 1.82) is 0 Å². The van der Waals surface area contributed by atoms with Crippen LogP contribution < -0.4 is 22.5 Å². The minimum atomic E-state index is -6.00. The van der Waals surface area contributed by atoms with E-state index >= 15 is 0 Å². The molecule has 0 aliphatic carbocycles. The Labute approximate surface area is 247 Å². The number of rotatable bonds is 12. The van der Waals surface area contributed by atoms with Crippen LogP contribution in [0.5, 0.6) is 0 Å². The van der Waals surface area contributed by atoms with E-state index in [1.54, 1.807) is 0 Å². The van der Waals surface area contributed by atoms with Crippen molar-refractivity contribution in [2.24, 2.45) is 0 Å². The van der Waals surface area contributed by atoms with E-state index in [1.165, 1.54) is 0 Å². The zero-order chi connectivity index (χ0) is 33.5. The zero-order valence-corrected chi connectivity index (χ0v) is 24.7. The van der Waals surface area contributed by atoms with Crippen molar-refractivity contribution >= 4 is 23.5 Å². The van der Waals surface area contributed by atoms with Gasteiger partial charge in [-0.15, -0.1) is 0 Å². The van der Waals surface area contributed by atoms with Gasteiger partial charge in [-0.1, -0.05) is 0 Å². The Morgan fingerprint density at radius 2 is 1.09 bits per heavy atom. The second-order valence-corrected chi connectivity index (χ2v) is 13.9. The lowest BCUT2D eigenvalue weighted by Crippen LogP contribution is -2.37. The number of nitrogens with one attached hydrogen (secondary N) is 2. The van der Waals surface area contributed by atoms with Crippen LogP contribution in [-0.2, 0) is 40.8 Å². The number of H-pyrrole nitrogens is 2. The molecule has 0 saturated carbocycles. The van der Waals surface area contributed by atoms with Crippen LogP contribution in [0.25, 0.3) is 0 Å². The Hall–Kier alpha value is -2.47. The van der Waals surface area contributed by atoms with Crippen molar-refractivity contribution in [2.45, 2.75) is 49.1 Å². The molecule has 0 radical (unpaired) electrons. The van der Waals surface area contributed by atoms with E-state index in [4.69, 9.17) is 28.3 Å². The maximum Gasteiger partial charge on any atom is 0.490 e. The van der Waals surface area contributed by atoms with E-state index in [2.05, 4.69) is 8.62 Å². The minimum absolute atomic E-state index is 0.673. The number of aromatic nitrogens is 4. The van der Waals surface area contributed by atoms with E-state index in [0.717, 1.165) is 24.5 Å². The summed E-state index contributed by atoms with van der Waals surface area (Å²) in [5.41, 5.74) is -3.72. The molecule has 4 rings (SSSR count). The molecule has 4 heterocycles. The van der Waals surface area contributed by atoms with Crippen LogP contribution in [0.15, 0.2) is 43.7 Å². The van der Waals surface area contributed by atoms with Crippen LogP contribution >= 0.6 is 23.5 Å². The summed E-state index contributed by atoms with van der Waals surface area (Å²) in [6, 6.07) is 1.77. The summed E-state index contributed by atoms with van der Waals surface area (Å²) in [5, 5.41) is 41.5. The molecule has 27 heteroatoms. The predicted octanol–water partition coefficient (Wildman–Crippen LogP) is -4.31. The molecule has 0 amide bonds. The highest BCUT2D eigenvalue weighted by Crippen LogP contribution is 2.68. The predicted molar refractivity (Wildman–Crippen MR) is 138 cm³/mol. The molecule has 9 N–H and O–H groups in total. The highest BCUT2D eigenvalue weighted by molar-refractivity contribution is 7.66. The largest absolute Gasteiger partial charge is 0.490 e. The lowest BCUT2D eigenvalue weighted by atomic mass is 10.1. The monoisotopic (exact) mass is 710 g/mol. The van der Waals surface area contributed by atoms with Gasteiger partial charge in [0.1, 0.15) is 36.6 Å². The zero-order valence-electron chi connectivity index (χ0n) is 22.0. The highest BCUT2D eigenvalue weighted by Gasteiger charge is 2.50. The molecule has 2 fully saturated rings. The number of aliphatic hydroxyl groups excluding tert-OH is 4. The number of nitrogens with zero attached hydrogens (tertiary/aromatic N) is 2. The Morgan fingerprint density at radius 1 is 0.689 bits per heavy atom. The standard InChI is InChI=1S/C18H25N4O20P3/c23-9-1-3-21(17(29)19-9)15-13(27)11(25)7(39-15)5-37-45(36,42-44(34,35)41-43(31,32)33)38-6-8-12(26)14(28)16(40-8)22-4-2-10(24)20-18(22)30/h1-4,7-8,11-16,25-28H,5-6H2,(H,34,35)(H,19,23,29)(H,20,24,30)(H2,31,32,33)/t7-,8-,11?,12?,13?,14?,15-,16-,45?/m0/s1. The maximum atomic E-state index is 13.4. The van der Waals surface area contributed by atoms with Crippen LogP contribution in [0.3, 0.4) is 0 Å². The second kappa shape index (κ2) is 13.3. The first-order valence-corrected chi connectivity index (χ1v) is 16.6. The number of phosphoric acid groups is 3. The van der Waals surface area contributed by atoms with Crippen molar-refractivity contribution in [3.8, 4) is 0 Å². The normalized spacial score (nSPS) is 31.4. The first kappa shape index (κ1) is 35.4. The number of phosphoric ester groups is 1. The van der Waals surface area contributed by atoms with Gasteiger partial charge in [0, 0.05) is 24.5 Å². The summed E-state index contributed by atoms with van der Waals surface area (Å²) >= 11 is 0. The number of aromatic amines is 2. The fourth-order valence-corrected chi connectivity index (χ4v) is 7.72. The first-order chi connectivity index (χ1) is 20.8. The maximum absolute atomic E-state index is 13.4. The third kappa shape index (κ3) is 8.47.